The van der Waals surface area contributed by atoms with Crippen LogP contribution in [-0.4, -0.2) is 8.76 Å². The van der Waals surface area contributed by atoms with E-state index >= 15 is 0 Å². The molecule has 128 valence electrons. The SMILES string of the molecule is O=S(O)Cc1ccc(F)cc1C(F)=C(F)c1ccc(F)c(F)c1F. The number of benzene rings is 2. The second-order valence-electron chi connectivity index (χ2n) is 4.62. The Morgan fingerprint density at radius 3 is 2.17 bits per heavy atom. The third-order valence-electron chi connectivity index (χ3n) is 3.05. The van der Waals surface area contributed by atoms with Crippen molar-refractivity contribution in [3.05, 3.63) is 70.3 Å². The molecule has 1 N–H and O–H groups in total. The van der Waals surface area contributed by atoms with E-state index in [2.05, 4.69) is 0 Å². The fraction of sp³-hybridized carbons (Fsp3) is 0.0667. The smallest absolute Gasteiger partial charge is 0.195 e. The Balaban J connectivity index is 2.63. The maximum atomic E-state index is 14.3. The van der Waals surface area contributed by atoms with Crippen LogP contribution >= 0.6 is 0 Å². The van der Waals surface area contributed by atoms with Gasteiger partial charge in [0.2, 0.25) is 0 Å². The van der Waals surface area contributed by atoms with E-state index in [0.717, 1.165) is 12.1 Å². The minimum atomic E-state index is -2.44. The van der Waals surface area contributed by atoms with Crippen LogP contribution in [0.2, 0.25) is 0 Å². The van der Waals surface area contributed by atoms with Gasteiger partial charge in [-0.2, -0.15) is 0 Å². The van der Waals surface area contributed by atoms with E-state index in [1.54, 1.807) is 0 Å². The Kier molecular flexibility index (Phi) is 5.45. The summed E-state index contributed by atoms with van der Waals surface area (Å²) in [5.41, 5.74) is -2.17. The van der Waals surface area contributed by atoms with E-state index in [4.69, 9.17) is 4.55 Å². The van der Waals surface area contributed by atoms with Crippen molar-refractivity contribution < 1.29 is 35.1 Å². The summed E-state index contributed by atoms with van der Waals surface area (Å²) < 4.78 is 101. The molecule has 0 fully saturated rings. The van der Waals surface area contributed by atoms with Crippen LogP contribution in [0.5, 0.6) is 0 Å². The van der Waals surface area contributed by atoms with Gasteiger partial charge in [0.25, 0.3) is 0 Å². The van der Waals surface area contributed by atoms with Gasteiger partial charge < -0.3 is 4.55 Å². The summed E-state index contributed by atoms with van der Waals surface area (Å²) in [6.45, 7) is 0. The first-order chi connectivity index (χ1) is 11.2. The van der Waals surface area contributed by atoms with Gasteiger partial charge in [-0.05, 0) is 29.8 Å². The van der Waals surface area contributed by atoms with Crippen LogP contribution in [-0.2, 0) is 16.8 Å². The van der Waals surface area contributed by atoms with Gasteiger partial charge in [0.05, 0.1) is 11.3 Å². The van der Waals surface area contributed by atoms with Crippen molar-refractivity contribution in [1.82, 2.24) is 0 Å². The molecule has 0 aliphatic rings. The number of hydrogen-bond acceptors (Lipinski definition) is 1. The highest BCUT2D eigenvalue weighted by molar-refractivity contribution is 7.78. The molecule has 2 aromatic rings. The highest BCUT2D eigenvalue weighted by Gasteiger charge is 2.22. The van der Waals surface area contributed by atoms with Gasteiger partial charge in [0, 0.05) is 5.56 Å². The summed E-state index contributed by atoms with van der Waals surface area (Å²) in [5, 5.41) is 0. The molecule has 1 atom stereocenters. The molecule has 9 heteroatoms. The Morgan fingerprint density at radius 2 is 1.54 bits per heavy atom. The molecule has 2 aromatic carbocycles. The van der Waals surface area contributed by atoms with Crippen LogP contribution in [0.3, 0.4) is 0 Å². The zero-order valence-electron chi connectivity index (χ0n) is 11.6. The molecule has 0 heterocycles. The Bertz CT molecular complexity index is 850. The topological polar surface area (TPSA) is 37.3 Å². The van der Waals surface area contributed by atoms with Crippen molar-refractivity contribution in [3.63, 3.8) is 0 Å². The third kappa shape index (κ3) is 3.68. The van der Waals surface area contributed by atoms with E-state index in [1.165, 1.54) is 0 Å². The summed E-state index contributed by atoms with van der Waals surface area (Å²) >= 11 is -2.44. The molecule has 0 bridgehead atoms. The third-order valence-corrected chi connectivity index (χ3v) is 3.61. The zero-order chi connectivity index (χ0) is 18.0. The minimum Gasteiger partial charge on any atom is -0.306 e. The fourth-order valence-electron chi connectivity index (χ4n) is 1.94. The van der Waals surface area contributed by atoms with Crippen LogP contribution in [0.1, 0.15) is 16.7 Å². The van der Waals surface area contributed by atoms with E-state index in [0.29, 0.717) is 18.2 Å². The lowest BCUT2D eigenvalue weighted by atomic mass is 10.0. The molecule has 0 aliphatic carbocycles. The number of rotatable bonds is 4. The minimum absolute atomic E-state index is 0.229. The first-order valence-corrected chi connectivity index (χ1v) is 7.55. The highest BCUT2D eigenvalue weighted by Crippen LogP contribution is 2.33. The second kappa shape index (κ2) is 7.18. The zero-order valence-corrected chi connectivity index (χ0v) is 12.4. The Labute approximate surface area is 134 Å². The molecular weight excluding hydrogens is 358 g/mol. The quantitative estimate of drug-likeness (QED) is 0.368. The second-order valence-corrected chi connectivity index (χ2v) is 5.55. The van der Waals surface area contributed by atoms with Gasteiger partial charge in [-0.25, -0.2) is 30.6 Å². The van der Waals surface area contributed by atoms with Crippen LogP contribution in [0.4, 0.5) is 26.3 Å². The Hall–Kier alpha value is -2.13. The van der Waals surface area contributed by atoms with Crippen molar-refractivity contribution >= 4 is 22.7 Å². The van der Waals surface area contributed by atoms with Crippen LogP contribution in [0, 0.1) is 23.3 Å². The van der Waals surface area contributed by atoms with Gasteiger partial charge in [-0.1, -0.05) is 6.07 Å². The van der Waals surface area contributed by atoms with Crippen molar-refractivity contribution in [1.29, 1.82) is 0 Å². The molecular formula is C15H8F6O2S. The number of hydrogen-bond donors (Lipinski definition) is 1. The lowest BCUT2D eigenvalue weighted by Crippen LogP contribution is -2.00. The molecule has 24 heavy (non-hydrogen) atoms. The molecule has 2 nitrogen and oxygen atoms in total. The number of halogens is 6. The molecule has 0 saturated heterocycles. The van der Waals surface area contributed by atoms with Crippen molar-refractivity contribution in [2.45, 2.75) is 5.75 Å². The van der Waals surface area contributed by atoms with Crippen molar-refractivity contribution in [2.75, 3.05) is 0 Å². The monoisotopic (exact) mass is 366 g/mol. The largest absolute Gasteiger partial charge is 0.306 e. The predicted octanol–water partition coefficient (Wildman–Crippen LogP) is 4.73. The maximum Gasteiger partial charge on any atom is 0.195 e. The molecule has 0 spiro atoms. The van der Waals surface area contributed by atoms with Gasteiger partial charge in [-0.15, -0.1) is 0 Å². The van der Waals surface area contributed by atoms with E-state index in [1.807, 2.05) is 0 Å². The van der Waals surface area contributed by atoms with Crippen molar-refractivity contribution in [2.24, 2.45) is 0 Å². The summed E-state index contributed by atoms with van der Waals surface area (Å²) in [6.07, 6.45) is 0. The molecule has 0 saturated carbocycles. The van der Waals surface area contributed by atoms with Crippen molar-refractivity contribution in [3.8, 4) is 0 Å². The van der Waals surface area contributed by atoms with Crippen LogP contribution in [0.25, 0.3) is 11.7 Å². The fourth-order valence-corrected chi connectivity index (χ4v) is 2.46. The van der Waals surface area contributed by atoms with Gasteiger partial charge >= 0.3 is 0 Å². The molecule has 0 aromatic heterocycles. The first kappa shape index (κ1) is 18.2. The highest BCUT2D eigenvalue weighted by atomic mass is 32.2. The molecule has 0 aliphatic heterocycles. The molecule has 2 rings (SSSR count). The molecule has 1 unspecified atom stereocenters. The van der Waals surface area contributed by atoms with Crippen LogP contribution < -0.4 is 0 Å². The average molecular weight is 366 g/mol. The van der Waals surface area contributed by atoms with Gasteiger partial charge in [0.1, 0.15) is 5.82 Å². The normalized spacial score (nSPS) is 13.6. The summed E-state index contributed by atoms with van der Waals surface area (Å²) in [4.78, 5) is 0. The lowest BCUT2D eigenvalue weighted by molar-refractivity contribution is 0.444. The molecule has 0 amide bonds. The maximum absolute atomic E-state index is 14.3. The average Bonchev–Trinajstić information content (AvgIpc) is 2.53. The van der Waals surface area contributed by atoms with E-state index in [9.17, 15) is 30.6 Å². The van der Waals surface area contributed by atoms with E-state index < -0.39 is 62.9 Å². The van der Waals surface area contributed by atoms with Gasteiger partial charge in [-0.3, -0.25) is 0 Å². The predicted molar refractivity (Wildman–Crippen MR) is 76.2 cm³/mol. The summed E-state index contributed by atoms with van der Waals surface area (Å²) in [5.74, 6) is -10.8. The lowest BCUT2D eigenvalue weighted by Gasteiger charge is -2.09. The molecule has 0 radical (unpaired) electrons. The van der Waals surface area contributed by atoms with E-state index in [-0.39, 0.29) is 5.56 Å². The Morgan fingerprint density at radius 1 is 0.917 bits per heavy atom. The van der Waals surface area contributed by atoms with Crippen LogP contribution in [0.15, 0.2) is 30.3 Å². The summed E-state index contributed by atoms with van der Waals surface area (Å²) in [6, 6.07) is 3.22. The van der Waals surface area contributed by atoms with Gasteiger partial charge in [0.15, 0.2) is 40.2 Å². The standard InChI is InChI=1S/C15H8F6O2S/c16-8-2-1-7(6-24(22)23)10(5-8)14(20)12(18)9-3-4-11(17)15(21)13(9)19/h1-5H,6H2,(H,22,23). The summed E-state index contributed by atoms with van der Waals surface area (Å²) in [7, 11) is 0. The first-order valence-electron chi connectivity index (χ1n) is 6.27.